The van der Waals surface area contributed by atoms with Gasteiger partial charge in [0.15, 0.2) is 5.75 Å². The van der Waals surface area contributed by atoms with Crippen molar-refractivity contribution in [3.8, 4) is 5.75 Å². The number of pyridine rings is 1. The highest BCUT2D eigenvalue weighted by Crippen LogP contribution is 1.98. The topological polar surface area (TPSA) is 82.2 Å². The van der Waals surface area contributed by atoms with Crippen LogP contribution in [0.1, 0.15) is 10.5 Å². The number of amides is 1. The number of aromatic amines is 1. The highest BCUT2D eigenvalue weighted by Gasteiger charge is 2.04. The van der Waals surface area contributed by atoms with Crippen molar-refractivity contribution in [1.29, 1.82) is 0 Å². The van der Waals surface area contributed by atoms with Crippen molar-refractivity contribution in [2.24, 2.45) is 0 Å². The summed E-state index contributed by atoms with van der Waals surface area (Å²) in [5.41, 5.74) is -0.545. The molecule has 0 fully saturated rings. The van der Waals surface area contributed by atoms with Crippen LogP contribution in [0.4, 0.5) is 0 Å². The summed E-state index contributed by atoms with van der Waals surface area (Å²) in [5, 5.41) is 11.2. The van der Waals surface area contributed by atoms with E-state index in [2.05, 4.69) is 10.3 Å². The average molecular weight is 168 g/mol. The monoisotopic (exact) mass is 168 g/mol. The number of aromatic nitrogens is 1. The number of hydrogen-bond acceptors (Lipinski definition) is 3. The van der Waals surface area contributed by atoms with Gasteiger partial charge in [-0.3, -0.25) is 9.59 Å². The van der Waals surface area contributed by atoms with Gasteiger partial charge in [-0.25, -0.2) is 0 Å². The molecular weight excluding hydrogens is 160 g/mol. The fourth-order valence-electron chi connectivity index (χ4n) is 0.733. The Morgan fingerprint density at radius 2 is 2.25 bits per heavy atom. The molecular formula is C7H8N2O3. The van der Waals surface area contributed by atoms with Crippen LogP contribution in [-0.4, -0.2) is 23.0 Å². The van der Waals surface area contributed by atoms with E-state index in [1.165, 1.54) is 19.2 Å². The van der Waals surface area contributed by atoms with Gasteiger partial charge in [-0.15, -0.1) is 0 Å². The van der Waals surface area contributed by atoms with Crippen molar-refractivity contribution >= 4 is 5.91 Å². The second-order valence-corrected chi connectivity index (χ2v) is 2.17. The van der Waals surface area contributed by atoms with Gasteiger partial charge in [0.25, 0.3) is 11.5 Å². The zero-order valence-electron chi connectivity index (χ0n) is 6.42. The number of rotatable bonds is 1. The molecule has 1 amide bonds. The first-order valence-electron chi connectivity index (χ1n) is 3.29. The SMILES string of the molecule is CNC(=O)c1ccc(O)c(=O)[nH]1. The maximum Gasteiger partial charge on any atom is 0.290 e. The minimum absolute atomic E-state index is 0.125. The summed E-state index contributed by atoms with van der Waals surface area (Å²) in [6.45, 7) is 0. The molecule has 3 N–H and O–H groups in total. The van der Waals surface area contributed by atoms with Crippen LogP contribution in [0.3, 0.4) is 0 Å². The van der Waals surface area contributed by atoms with Gasteiger partial charge in [-0.05, 0) is 12.1 Å². The van der Waals surface area contributed by atoms with Gasteiger partial charge in [0.1, 0.15) is 5.69 Å². The predicted octanol–water partition coefficient (Wildman–Crippen LogP) is -0.560. The van der Waals surface area contributed by atoms with E-state index in [9.17, 15) is 9.59 Å². The molecule has 0 atom stereocenters. The largest absolute Gasteiger partial charge is 0.503 e. The molecule has 0 saturated heterocycles. The van der Waals surface area contributed by atoms with Gasteiger partial charge in [0, 0.05) is 7.05 Å². The molecule has 12 heavy (non-hydrogen) atoms. The van der Waals surface area contributed by atoms with Crippen LogP contribution in [-0.2, 0) is 0 Å². The van der Waals surface area contributed by atoms with E-state index in [0.717, 1.165) is 0 Å². The number of nitrogens with one attached hydrogen (secondary N) is 2. The first-order valence-corrected chi connectivity index (χ1v) is 3.29. The van der Waals surface area contributed by atoms with Gasteiger partial charge >= 0.3 is 0 Å². The minimum atomic E-state index is -0.670. The molecule has 64 valence electrons. The van der Waals surface area contributed by atoms with Crippen LogP contribution < -0.4 is 10.9 Å². The number of carbonyl (C=O) groups is 1. The van der Waals surface area contributed by atoms with Crippen LogP contribution in [0.2, 0.25) is 0 Å². The fraction of sp³-hybridized carbons (Fsp3) is 0.143. The quantitative estimate of drug-likeness (QED) is 0.525. The molecule has 0 unspecified atom stereocenters. The normalized spacial score (nSPS) is 9.42. The van der Waals surface area contributed by atoms with E-state index in [1.807, 2.05) is 0 Å². The van der Waals surface area contributed by atoms with Crippen LogP contribution in [0.15, 0.2) is 16.9 Å². The lowest BCUT2D eigenvalue weighted by Crippen LogP contribution is -2.22. The second kappa shape index (κ2) is 3.08. The summed E-state index contributed by atoms with van der Waals surface area (Å²) in [6.07, 6.45) is 0. The summed E-state index contributed by atoms with van der Waals surface area (Å²) in [7, 11) is 1.45. The molecule has 1 heterocycles. The molecule has 1 aromatic heterocycles. The van der Waals surface area contributed by atoms with E-state index in [0.29, 0.717) is 0 Å². The number of aromatic hydroxyl groups is 1. The lowest BCUT2D eigenvalue weighted by atomic mass is 10.3. The van der Waals surface area contributed by atoms with Crippen molar-refractivity contribution in [1.82, 2.24) is 10.3 Å². The third-order valence-corrected chi connectivity index (χ3v) is 1.36. The lowest BCUT2D eigenvalue weighted by Gasteiger charge is -1.98. The first-order chi connectivity index (χ1) is 5.65. The molecule has 0 bridgehead atoms. The van der Waals surface area contributed by atoms with Crippen LogP contribution in [0.25, 0.3) is 0 Å². The molecule has 0 aliphatic rings. The second-order valence-electron chi connectivity index (χ2n) is 2.17. The third kappa shape index (κ3) is 1.45. The molecule has 0 aliphatic heterocycles. The first kappa shape index (κ1) is 8.32. The van der Waals surface area contributed by atoms with Gasteiger partial charge in [0.05, 0.1) is 0 Å². The minimum Gasteiger partial charge on any atom is -0.503 e. The highest BCUT2D eigenvalue weighted by molar-refractivity contribution is 5.91. The number of H-pyrrole nitrogens is 1. The molecule has 5 nitrogen and oxygen atoms in total. The molecule has 1 rings (SSSR count). The lowest BCUT2D eigenvalue weighted by molar-refractivity contribution is 0.0958. The van der Waals surface area contributed by atoms with Crippen molar-refractivity contribution in [2.75, 3.05) is 7.05 Å². The van der Waals surface area contributed by atoms with Crippen LogP contribution in [0, 0.1) is 0 Å². The van der Waals surface area contributed by atoms with Gasteiger partial charge < -0.3 is 15.4 Å². The number of carbonyl (C=O) groups excluding carboxylic acids is 1. The molecule has 0 aliphatic carbocycles. The molecule has 0 radical (unpaired) electrons. The van der Waals surface area contributed by atoms with Crippen molar-refractivity contribution in [3.63, 3.8) is 0 Å². The van der Waals surface area contributed by atoms with Crippen LogP contribution >= 0.6 is 0 Å². The Hall–Kier alpha value is -1.78. The fourth-order valence-corrected chi connectivity index (χ4v) is 0.733. The Kier molecular flexibility index (Phi) is 2.14. The van der Waals surface area contributed by atoms with Crippen molar-refractivity contribution in [3.05, 3.63) is 28.2 Å². The zero-order valence-corrected chi connectivity index (χ0v) is 6.42. The summed E-state index contributed by atoms with van der Waals surface area (Å²) in [6, 6.07) is 2.50. The molecule has 0 spiro atoms. The van der Waals surface area contributed by atoms with E-state index in [-0.39, 0.29) is 5.69 Å². The van der Waals surface area contributed by atoms with Gasteiger partial charge in [-0.2, -0.15) is 0 Å². The summed E-state index contributed by atoms with van der Waals surface area (Å²) >= 11 is 0. The van der Waals surface area contributed by atoms with E-state index < -0.39 is 17.2 Å². The zero-order chi connectivity index (χ0) is 9.14. The maximum atomic E-state index is 10.9. The Labute approximate surface area is 68.0 Å². The summed E-state index contributed by atoms with van der Waals surface area (Å²) in [5.74, 6) is -0.797. The van der Waals surface area contributed by atoms with E-state index >= 15 is 0 Å². The standard InChI is InChI=1S/C7H8N2O3/c1-8-6(11)4-2-3-5(10)7(12)9-4/h2-3,10H,1H3,(H,8,11)(H,9,12). The van der Waals surface area contributed by atoms with Crippen molar-refractivity contribution < 1.29 is 9.90 Å². The Morgan fingerprint density at radius 1 is 1.58 bits per heavy atom. The molecule has 5 heteroatoms. The molecule has 1 aromatic rings. The average Bonchev–Trinajstić information content (AvgIpc) is 2.08. The van der Waals surface area contributed by atoms with Crippen molar-refractivity contribution in [2.45, 2.75) is 0 Å². The van der Waals surface area contributed by atoms with Gasteiger partial charge in [-0.1, -0.05) is 0 Å². The Morgan fingerprint density at radius 3 is 2.75 bits per heavy atom. The summed E-state index contributed by atoms with van der Waals surface area (Å²) in [4.78, 5) is 23.9. The summed E-state index contributed by atoms with van der Waals surface area (Å²) < 4.78 is 0. The number of hydrogen-bond donors (Lipinski definition) is 3. The third-order valence-electron chi connectivity index (χ3n) is 1.36. The Balaban J connectivity index is 3.13. The maximum absolute atomic E-state index is 10.9. The predicted molar refractivity (Wildman–Crippen MR) is 42.1 cm³/mol. The highest BCUT2D eigenvalue weighted by atomic mass is 16.3. The Bertz CT molecular complexity index is 356. The smallest absolute Gasteiger partial charge is 0.290 e. The van der Waals surface area contributed by atoms with E-state index in [4.69, 9.17) is 5.11 Å². The molecule has 0 saturated carbocycles. The van der Waals surface area contributed by atoms with E-state index in [1.54, 1.807) is 0 Å². The van der Waals surface area contributed by atoms with Crippen LogP contribution in [0.5, 0.6) is 5.75 Å². The molecule has 0 aromatic carbocycles. The van der Waals surface area contributed by atoms with Gasteiger partial charge in [0.2, 0.25) is 0 Å².